The fourth-order valence-electron chi connectivity index (χ4n) is 2.75. The van der Waals surface area contributed by atoms with E-state index < -0.39 is 0 Å². The van der Waals surface area contributed by atoms with Gasteiger partial charge >= 0.3 is 0 Å². The lowest BCUT2D eigenvalue weighted by molar-refractivity contribution is 0.626. The zero-order valence-electron chi connectivity index (χ0n) is 13.7. The molecule has 1 aromatic carbocycles. The standard InChI is InChI=1S/C17H23N5/c1-5-6-11(2)16-9-22(21-20-16)10-17-18-14-7-12(3)13(4)8-15(14)19-17/h7-9,11H,5-6,10H2,1-4H3,(H,18,19). The van der Waals surface area contributed by atoms with Crippen LogP contribution in [0.4, 0.5) is 0 Å². The molecule has 0 aliphatic rings. The topological polar surface area (TPSA) is 59.4 Å². The van der Waals surface area contributed by atoms with Crippen molar-refractivity contribution in [1.82, 2.24) is 25.0 Å². The second kappa shape index (κ2) is 5.91. The van der Waals surface area contributed by atoms with Crippen molar-refractivity contribution in [3.05, 3.63) is 41.0 Å². The number of nitrogens with one attached hydrogen (secondary N) is 1. The minimum Gasteiger partial charge on any atom is -0.340 e. The Labute approximate surface area is 130 Å². The largest absolute Gasteiger partial charge is 0.340 e. The molecular formula is C17H23N5. The van der Waals surface area contributed by atoms with Gasteiger partial charge < -0.3 is 4.98 Å². The summed E-state index contributed by atoms with van der Waals surface area (Å²) in [5, 5.41) is 8.51. The number of nitrogens with zero attached hydrogens (tertiary/aromatic N) is 4. The number of imidazole rings is 1. The molecule has 5 nitrogen and oxygen atoms in total. The molecule has 3 rings (SSSR count). The minimum absolute atomic E-state index is 0.458. The Balaban J connectivity index is 1.81. The maximum atomic E-state index is 4.66. The quantitative estimate of drug-likeness (QED) is 0.780. The van der Waals surface area contributed by atoms with Crippen LogP contribution < -0.4 is 0 Å². The van der Waals surface area contributed by atoms with E-state index in [0.717, 1.165) is 35.4 Å². The number of aromatic nitrogens is 5. The fraction of sp³-hybridized carbons (Fsp3) is 0.471. The molecule has 22 heavy (non-hydrogen) atoms. The van der Waals surface area contributed by atoms with Crippen molar-refractivity contribution in [3.8, 4) is 0 Å². The van der Waals surface area contributed by atoms with Gasteiger partial charge in [-0.1, -0.05) is 25.5 Å². The van der Waals surface area contributed by atoms with Crippen molar-refractivity contribution < 1.29 is 0 Å². The van der Waals surface area contributed by atoms with Crippen molar-refractivity contribution in [2.45, 2.75) is 53.0 Å². The third kappa shape index (κ3) is 2.89. The van der Waals surface area contributed by atoms with E-state index in [9.17, 15) is 0 Å². The van der Waals surface area contributed by atoms with E-state index in [4.69, 9.17) is 0 Å². The number of hydrogen-bond acceptors (Lipinski definition) is 3. The van der Waals surface area contributed by atoms with Gasteiger partial charge in [0.1, 0.15) is 12.4 Å². The van der Waals surface area contributed by atoms with Crippen LogP contribution in [0.3, 0.4) is 0 Å². The Morgan fingerprint density at radius 1 is 1.23 bits per heavy atom. The zero-order valence-corrected chi connectivity index (χ0v) is 13.7. The highest BCUT2D eigenvalue weighted by Gasteiger charge is 2.11. The highest BCUT2D eigenvalue weighted by Crippen LogP contribution is 2.19. The minimum atomic E-state index is 0.458. The van der Waals surface area contributed by atoms with Crippen molar-refractivity contribution >= 4 is 11.0 Å². The maximum absolute atomic E-state index is 4.66. The Morgan fingerprint density at radius 2 is 2.00 bits per heavy atom. The first-order chi connectivity index (χ1) is 10.6. The van der Waals surface area contributed by atoms with E-state index in [0.29, 0.717) is 12.5 Å². The summed E-state index contributed by atoms with van der Waals surface area (Å²) in [6.45, 7) is 9.25. The summed E-state index contributed by atoms with van der Waals surface area (Å²) in [5.74, 6) is 1.37. The van der Waals surface area contributed by atoms with Crippen molar-refractivity contribution in [2.75, 3.05) is 0 Å². The second-order valence-corrected chi connectivity index (χ2v) is 6.17. The zero-order chi connectivity index (χ0) is 15.7. The van der Waals surface area contributed by atoms with E-state index >= 15 is 0 Å². The number of fused-ring (bicyclic) bond motifs is 1. The number of H-pyrrole nitrogens is 1. The number of benzene rings is 1. The second-order valence-electron chi connectivity index (χ2n) is 6.17. The molecule has 0 radical (unpaired) electrons. The average Bonchev–Trinajstić information content (AvgIpc) is 3.07. The van der Waals surface area contributed by atoms with Gasteiger partial charge in [-0.3, -0.25) is 0 Å². The maximum Gasteiger partial charge on any atom is 0.129 e. The van der Waals surface area contributed by atoms with E-state index in [1.54, 1.807) is 0 Å². The van der Waals surface area contributed by atoms with Crippen LogP contribution in [0.2, 0.25) is 0 Å². The van der Waals surface area contributed by atoms with E-state index in [2.05, 4.69) is 60.1 Å². The predicted octanol–water partition coefficient (Wildman–Crippen LogP) is 3.72. The molecule has 0 saturated carbocycles. The molecule has 2 aromatic heterocycles. The number of rotatable bonds is 5. The van der Waals surface area contributed by atoms with E-state index in [1.807, 2.05) is 10.9 Å². The summed E-state index contributed by atoms with van der Waals surface area (Å²) in [4.78, 5) is 8.03. The van der Waals surface area contributed by atoms with Crippen LogP contribution in [0, 0.1) is 13.8 Å². The highest BCUT2D eigenvalue weighted by molar-refractivity contribution is 5.77. The van der Waals surface area contributed by atoms with Gasteiger partial charge in [-0.05, 0) is 43.5 Å². The van der Waals surface area contributed by atoms with Gasteiger partial charge in [-0.25, -0.2) is 9.67 Å². The van der Waals surface area contributed by atoms with Crippen LogP contribution in [0.1, 0.15) is 55.3 Å². The van der Waals surface area contributed by atoms with E-state index in [-0.39, 0.29) is 0 Å². The average molecular weight is 297 g/mol. The molecule has 0 fully saturated rings. The van der Waals surface area contributed by atoms with Crippen molar-refractivity contribution in [3.63, 3.8) is 0 Å². The molecule has 1 unspecified atom stereocenters. The first-order valence-electron chi connectivity index (χ1n) is 7.92. The summed E-state index contributed by atoms with van der Waals surface area (Å²) in [7, 11) is 0. The van der Waals surface area contributed by atoms with Crippen LogP contribution in [0.5, 0.6) is 0 Å². The number of aryl methyl sites for hydroxylation is 2. The van der Waals surface area contributed by atoms with Crippen molar-refractivity contribution in [1.29, 1.82) is 0 Å². The lowest BCUT2D eigenvalue weighted by Crippen LogP contribution is -2.02. The van der Waals surface area contributed by atoms with Crippen LogP contribution in [-0.2, 0) is 6.54 Å². The first-order valence-corrected chi connectivity index (χ1v) is 7.92. The Hall–Kier alpha value is -2.17. The highest BCUT2D eigenvalue weighted by atomic mass is 15.4. The molecule has 3 aromatic rings. The van der Waals surface area contributed by atoms with Gasteiger partial charge in [0.25, 0.3) is 0 Å². The molecule has 0 aliphatic carbocycles. The normalized spacial score (nSPS) is 12.9. The van der Waals surface area contributed by atoms with Gasteiger partial charge in [0, 0.05) is 12.1 Å². The van der Waals surface area contributed by atoms with Crippen LogP contribution >= 0.6 is 0 Å². The fourth-order valence-corrected chi connectivity index (χ4v) is 2.75. The van der Waals surface area contributed by atoms with Gasteiger partial charge in [-0.15, -0.1) is 5.10 Å². The molecule has 1 atom stereocenters. The van der Waals surface area contributed by atoms with Crippen LogP contribution in [0.25, 0.3) is 11.0 Å². The number of aromatic amines is 1. The molecule has 0 spiro atoms. The van der Waals surface area contributed by atoms with Crippen LogP contribution in [0.15, 0.2) is 18.3 Å². The molecule has 0 saturated heterocycles. The molecule has 0 aliphatic heterocycles. The summed E-state index contributed by atoms with van der Waals surface area (Å²) in [6, 6.07) is 4.28. The van der Waals surface area contributed by atoms with Crippen LogP contribution in [-0.4, -0.2) is 25.0 Å². The number of hydrogen-bond donors (Lipinski definition) is 1. The molecule has 0 bridgehead atoms. The smallest absolute Gasteiger partial charge is 0.129 e. The Bertz CT molecular complexity index is 745. The molecule has 5 heteroatoms. The van der Waals surface area contributed by atoms with Gasteiger partial charge in [0.05, 0.1) is 16.7 Å². The van der Waals surface area contributed by atoms with Crippen molar-refractivity contribution in [2.24, 2.45) is 0 Å². The summed E-state index contributed by atoms with van der Waals surface area (Å²) < 4.78 is 1.86. The molecule has 1 N–H and O–H groups in total. The third-order valence-corrected chi connectivity index (χ3v) is 4.24. The van der Waals surface area contributed by atoms with Gasteiger partial charge in [-0.2, -0.15) is 0 Å². The van der Waals surface area contributed by atoms with E-state index in [1.165, 1.54) is 11.1 Å². The summed E-state index contributed by atoms with van der Waals surface area (Å²) in [5.41, 5.74) is 5.70. The molecule has 0 amide bonds. The van der Waals surface area contributed by atoms with Gasteiger partial charge in [0.2, 0.25) is 0 Å². The van der Waals surface area contributed by atoms with Gasteiger partial charge in [0.15, 0.2) is 0 Å². The lowest BCUT2D eigenvalue weighted by atomic mass is 10.0. The monoisotopic (exact) mass is 297 g/mol. The predicted molar refractivity (Wildman–Crippen MR) is 88.0 cm³/mol. The molecular weight excluding hydrogens is 274 g/mol. The summed E-state index contributed by atoms with van der Waals surface area (Å²) in [6.07, 6.45) is 4.34. The lowest BCUT2D eigenvalue weighted by Gasteiger charge is -2.03. The Kier molecular flexibility index (Phi) is 3.96. The molecule has 2 heterocycles. The summed E-state index contributed by atoms with van der Waals surface area (Å²) >= 11 is 0. The Morgan fingerprint density at radius 3 is 2.77 bits per heavy atom. The first kappa shape index (κ1) is 14.8. The third-order valence-electron chi connectivity index (χ3n) is 4.24. The SMILES string of the molecule is CCCC(C)c1cn(Cc2nc3cc(C)c(C)cc3[nH]2)nn1. The molecule has 116 valence electrons.